The van der Waals surface area contributed by atoms with Crippen LogP contribution in [0.1, 0.15) is 57.4 Å². The molecule has 0 saturated heterocycles. The van der Waals surface area contributed by atoms with Crippen LogP contribution in [0.3, 0.4) is 0 Å². The van der Waals surface area contributed by atoms with Crippen LogP contribution in [0.4, 0.5) is 0 Å². The van der Waals surface area contributed by atoms with Crippen molar-refractivity contribution in [2.75, 3.05) is 0 Å². The summed E-state index contributed by atoms with van der Waals surface area (Å²) in [4.78, 5) is 12.6. The lowest BCUT2D eigenvalue weighted by atomic mass is 9.46. The van der Waals surface area contributed by atoms with Crippen molar-refractivity contribution < 1.29 is 4.79 Å². The molecular weight excluding hydrogens is 270 g/mol. The fourth-order valence-electron chi connectivity index (χ4n) is 6.13. The molecule has 4 aliphatic rings. The number of carbonyl (C=O) groups excluding carboxylic acids is 1. The van der Waals surface area contributed by atoms with E-state index in [0.29, 0.717) is 11.8 Å². The summed E-state index contributed by atoms with van der Waals surface area (Å²) in [7, 11) is 0. The van der Waals surface area contributed by atoms with Crippen molar-refractivity contribution in [3.05, 3.63) is 35.9 Å². The lowest BCUT2D eigenvalue weighted by molar-refractivity contribution is -0.130. The molecule has 1 N–H and O–H groups in total. The first kappa shape index (κ1) is 14.3. The SMILES string of the molecule is CCC12C[C@H]3C[C@@H](C1)CC(NC(=O)Cc1ccccc1)(C3)C2. The van der Waals surface area contributed by atoms with Gasteiger partial charge in [-0.05, 0) is 61.3 Å². The second kappa shape index (κ2) is 5.11. The largest absolute Gasteiger partial charge is 0.350 e. The lowest BCUT2D eigenvalue weighted by Crippen LogP contribution is -2.63. The minimum absolute atomic E-state index is 0.117. The van der Waals surface area contributed by atoms with Gasteiger partial charge < -0.3 is 5.32 Å². The molecule has 2 unspecified atom stereocenters. The lowest BCUT2D eigenvalue weighted by Gasteiger charge is -2.62. The van der Waals surface area contributed by atoms with E-state index in [4.69, 9.17) is 0 Å². The van der Waals surface area contributed by atoms with Crippen molar-refractivity contribution in [1.82, 2.24) is 5.32 Å². The Morgan fingerprint density at radius 3 is 2.45 bits per heavy atom. The Bertz CT molecular complexity index is 550. The van der Waals surface area contributed by atoms with Gasteiger partial charge in [-0.15, -0.1) is 0 Å². The summed E-state index contributed by atoms with van der Waals surface area (Å²) in [6, 6.07) is 10.1. The minimum Gasteiger partial charge on any atom is -0.350 e. The van der Waals surface area contributed by atoms with Gasteiger partial charge in [0.25, 0.3) is 0 Å². The van der Waals surface area contributed by atoms with Gasteiger partial charge in [0.05, 0.1) is 6.42 Å². The predicted molar refractivity (Wildman–Crippen MR) is 88.4 cm³/mol. The smallest absolute Gasteiger partial charge is 0.224 e. The standard InChI is InChI=1S/C20H27NO/c1-2-19-10-16-8-17(11-19)13-20(12-16,14-19)21-18(22)9-15-6-4-3-5-7-15/h3-7,16-17H,2,8-14H2,1H3,(H,21,22)/t16-,17+,19?,20?. The van der Waals surface area contributed by atoms with Crippen LogP contribution < -0.4 is 5.32 Å². The number of hydrogen-bond acceptors (Lipinski definition) is 1. The highest BCUT2D eigenvalue weighted by molar-refractivity contribution is 5.79. The first-order valence-corrected chi connectivity index (χ1v) is 8.95. The molecule has 0 radical (unpaired) electrons. The van der Waals surface area contributed by atoms with E-state index in [2.05, 4.69) is 12.2 Å². The third kappa shape index (κ3) is 2.47. The highest BCUT2D eigenvalue weighted by Gasteiger charge is 2.57. The molecular formula is C20H27NO. The maximum atomic E-state index is 12.6. The van der Waals surface area contributed by atoms with Gasteiger partial charge in [-0.1, -0.05) is 43.7 Å². The van der Waals surface area contributed by atoms with Gasteiger partial charge in [0.2, 0.25) is 5.91 Å². The molecule has 0 aromatic heterocycles. The van der Waals surface area contributed by atoms with Crippen LogP contribution in [0.15, 0.2) is 30.3 Å². The molecule has 1 amide bonds. The third-order valence-electron chi connectivity index (χ3n) is 6.54. The van der Waals surface area contributed by atoms with Crippen LogP contribution in [0.25, 0.3) is 0 Å². The molecule has 4 atom stereocenters. The minimum atomic E-state index is 0.117. The predicted octanol–water partition coefficient (Wildman–Crippen LogP) is 4.09. The summed E-state index contributed by atoms with van der Waals surface area (Å²) in [5, 5.41) is 3.49. The molecule has 22 heavy (non-hydrogen) atoms. The Morgan fingerprint density at radius 1 is 1.14 bits per heavy atom. The fraction of sp³-hybridized carbons (Fsp3) is 0.650. The Kier molecular flexibility index (Phi) is 3.32. The average Bonchev–Trinajstić information content (AvgIpc) is 2.46. The summed E-state index contributed by atoms with van der Waals surface area (Å²) >= 11 is 0. The van der Waals surface area contributed by atoms with Crippen molar-refractivity contribution in [1.29, 1.82) is 0 Å². The molecule has 0 aliphatic heterocycles. The van der Waals surface area contributed by atoms with Gasteiger partial charge >= 0.3 is 0 Å². The van der Waals surface area contributed by atoms with Gasteiger partial charge in [-0.25, -0.2) is 0 Å². The van der Waals surface area contributed by atoms with Crippen LogP contribution in [0.2, 0.25) is 0 Å². The molecule has 0 heterocycles. The Labute approximate surface area is 133 Å². The third-order valence-corrected chi connectivity index (χ3v) is 6.54. The normalized spacial score (nSPS) is 39.0. The summed E-state index contributed by atoms with van der Waals surface area (Å²) in [5.74, 6) is 1.94. The monoisotopic (exact) mass is 297 g/mol. The molecule has 2 heteroatoms. The van der Waals surface area contributed by atoms with Gasteiger partial charge in [0, 0.05) is 5.54 Å². The van der Waals surface area contributed by atoms with Crippen molar-refractivity contribution in [3.63, 3.8) is 0 Å². The van der Waals surface area contributed by atoms with Crippen LogP contribution in [0.5, 0.6) is 0 Å². The van der Waals surface area contributed by atoms with E-state index in [1.54, 1.807) is 0 Å². The van der Waals surface area contributed by atoms with Crippen molar-refractivity contribution in [3.8, 4) is 0 Å². The molecule has 4 saturated carbocycles. The summed E-state index contributed by atoms with van der Waals surface area (Å²) in [5.41, 5.74) is 1.77. The molecule has 0 spiro atoms. The van der Waals surface area contributed by atoms with Crippen molar-refractivity contribution in [2.24, 2.45) is 17.3 Å². The van der Waals surface area contributed by atoms with E-state index in [9.17, 15) is 4.79 Å². The number of amides is 1. The number of hydrogen-bond donors (Lipinski definition) is 1. The zero-order valence-corrected chi connectivity index (χ0v) is 13.6. The van der Waals surface area contributed by atoms with E-state index < -0.39 is 0 Å². The molecule has 4 aliphatic carbocycles. The van der Waals surface area contributed by atoms with Gasteiger partial charge in [0.15, 0.2) is 0 Å². The molecule has 118 valence electrons. The van der Waals surface area contributed by atoms with Crippen LogP contribution in [0, 0.1) is 17.3 Å². The Balaban J connectivity index is 1.49. The van der Waals surface area contributed by atoms with Crippen molar-refractivity contribution >= 4 is 5.91 Å². The zero-order chi connectivity index (χ0) is 15.2. The quantitative estimate of drug-likeness (QED) is 0.891. The van der Waals surface area contributed by atoms with Crippen molar-refractivity contribution in [2.45, 2.75) is 63.8 Å². The number of rotatable bonds is 4. The number of benzene rings is 1. The summed E-state index contributed by atoms with van der Waals surface area (Å²) < 4.78 is 0. The highest BCUT2D eigenvalue weighted by atomic mass is 16.1. The van der Waals surface area contributed by atoms with Crippen LogP contribution in [-0.4, -0.2) is 11.4 Å². The Morgan fingerprint density at radius 2 is 1.82 bits per heavy atom. The second-order valence-electron chi connectivity index (χ2n) is 8.31. The summed E-state index contributed by atoms with van der Waals surface area (Å²) in [6.07, 6.45) is 9.74. The number of carbonyl (C=O) groups is 1. The zero-order valence-electron chi connectivity index (χ0n) is 13.6. The van der Waals surface area contributed by atoms with Gasteiger partial charge in [0.1, 0.15) is 0 Å². The van der Waals surface area contributed by atoms with Crippen LogP contribution in [-0.2, 0) is 11.2 Å². The molecule has 1 aromatic rings. The van der Waals surface area contributed by atoms with E-state index in [0.717, 1.165) is 17.4 Å². The molecule has 2 nitrogen and oxygen atoms in total. The molecule has 1 aromatic carbocycles. The van der Waals surface area contributed by atoms with Gasteiger partial charge in [-0.3, -0.25) is 4.79 Å². The number of nitrogens with one attached hydrogen (secondary N) is 1. The maximum Gasteiger partial charge on any atom is 0.224 e. The topological polar surface area (TPSA) is 29.1 Å². The first-order valence-electron chi connectivity index (χ1n) is 8.95. The van der Waals surface area contributed by atoms with E-state index in [1.807, 2.05) is 30.3 Å². The molecule has 5 rings (SSSR count). The van der Waals surface area contributed by atoms with E-state index in [-0.39, 0.29) is 11.4 Å². The molecule has 4 bridgehead atoms. The summed E-state index contributed by atoms with van der Waals surface area (Å²) in [6.45, 7) is 2.35. The fourth-order valence-corrected chi connectivity index (χ4v) is 6.13. The van der Waals surface area contributed by atoms with E-state index >= 15 is 0 Å². The first-order chi connectivity index (χ1) is 10.6. The Hall–Kier alpha value is -1.31. The molecule has 4 fully saturated rings. The van der Waals surface area contributed by atoms with Crippen LogP contribution >= 0.6 is 0 Å². The van der Waals surface area contributed by atoms with Gasteiger partial charge in [-0.2, -0.15) is 0 Å². The van der Waals surface area contributed by atoms with E-state index in [1.165, 1.54) is 44.9 Å². The highest BCUT2D eigenvalue weighted by Crippen LogP contribution is 2.62. The second-order valence-corrected chi connectivity index (χ2v) is 8.31. The average molecular weight is 297 g/mol. The maximum absolute atomic E-state index is 12.6.